The number of benzene rings is 3. The Morgan fingerprint density at radius 2 is 1.70 bits per heavy atom. The van der Waals surface area contributed by atoms with E-state index in [-0.39, 0.29) is 11.0 Å². The van der Waals surface area contributed by atoms with Gasteiger partial charge in [-0.05, 0) is 71.0 Å². The average Bonchev–Trinajstić information content (AvgIpc) is 3.06. The van der Waals surface area contributed by atoms with E-state index >= 15 is 0 Å². The topological polar surface area (TPSA) is 59.8 Å². The number of fused-ring (bicyclic) bond motifs is 3. The van der Waals surface area contributed by atoms with Crippen molar-refractivity contribution in [3.63, 3.8) is 0 Å². The van der Waals surface area contributed by atoms with Crippen molar-refractivity contribution in [2.75, 3.05) is 0 Å². The number of H-pyrrole nitrogens is 1. The smallest absolute Gasteiger partial charge is 0.280 e. The van der Waals surface area contributed by atoms with Gasteiger partial charge in [-0.15, -0.1) is 0 Å². The van der Waals surface area contributed by atoms with Gasteiger partial charge in [-0.1, -0.05) is 36.4 Å². The quantitative estimate of drug-likeness (QED) is 0.365. The number of rotatable bonds is 3. The van der Waals surface area contributed by atoms with Crippen LogP contribution in [0.4, 0.5) is 0 Å². The largest absolute Gasteiger partial charge is 0.342 e. The first-order valence-corrected chi connectivity index (χ1v) is 10.7. The van der Waals surface area contributed by atoms with Crippen LogP contribution in [-0.4, -0.2) is 14.3 Å². The van der Waals surface area contributed by atoms with Gasteiger partial charge in [-0.3, -0.25) is 14.7 Å². The van der Waals surface area contributed by atoms with Gasteiger partial charge >= 0.3 is 0 Å². The summed E-state index contributed by atoms with van der Waals surface area (Å²) in [5.74, 6) is 0. The second kappa shape index (κ2) is 7.28. The highest BCUT2D eigenvalue weighted by Crippen LogP contribution is 2.27. The monoisotopic (exact) mass is 507 g/mol. The molecule has 0 radical (unpaired) electrons. The summed E-state index contributed by atoms with van der Waals surface area (Å²) < 4.78 is 4.68. The molecule has 1 aliphatic carbocycles. The Morgan fingerprint density at radius 1 is 0.933 bits per heavy atom. The van der Waals surface area contributed by atoms with Gasteiger partial charge in [-0.2, -0.15) is 0 Å². The van der Waals surface area contributed by atoms with E-state index in [4.69, 9.17) is 0 Å². The molecule has 148 valence electrons. The van der Waals surface area contributed by atoms with E-state index < -0.39 is 0 Å². The predicted molar refractivity (Wildman–Crippen MR) is 128 cm³/mol. The summed E-state index contributed by atoms with van der Waals surface area (Å²) in [4.78, 5) is 26.1. The molecule has 2 heterocycles. The molecule has 0 atom stereocenters. The molecule has 3 aromatic rings. The van der Waals surface area contributed by atoms with Crippen LogP contribution >= 0.6 is 22.6 Å². The van der Waals surface area contributed by atoms with Gasteiger partial charge < -0.3 is 4.57 Å². The van der Waals surface area contributed by atoms with Crippen LogP contribution in [0.1, 0.15) is 11.1 Å². The molecule has 5 nitrogen and oxygen atoms in total. The molecule has 0 amide bonds. The molecule has 1 aliphatic heterocycles. The molecule has 2 aromatic carbocycles. The molecule has 0 saturated carbocycles. The third-order valence-corrected chi connectivity index (χ3v) is 6.12. The van der Waals surface area contributed by atoms with Crippen LogP contribution in [-0.2, 0) is 6.54 Å². The van der Waals surface area contributed by atoms with Crippen LogP contribution < -0.4 is 11.0 Å². The fourth-order valence-corrected chi connectivity index (χ4v) is 4.26. The van der Waals surface area contributed by atoms with E-state index in [2.05, 4.69) is 52.0 Å². The van der Waals surface area contributed by atoms with Crippen LogP contribution in [0.25, 0.3) is 27.8 Å². The molecule has 5 rings (SSSR count). The lowest BCUT2D eigenvalue weighted by atomic mass is 10.1. The summed E-state index contributed by atoms with van der Waals surface area (Å²) in [7, 11) is 0. The maximum atomic E-state index is 13.3. The first-order valence-electron chi connectivity index (χ1n) is 9.60. The van der Waals surface area contributed by atoms with Crippen LogP contribution in [0.15, 0.2) is 82.5 Å². The number of pyridine rings is 1. The molecular weight excluding hydrogens is 489 g/mol. The minimum Gasteiger partial charge on any atom is -0.342 e. The van der Waals surface area contributed by atoms with Gasteiger partial charge in [0, 0.05) is 16.3 Å². The van der Waals surface area contributed by atoms with Gasteiger partial charge in [0.1, 0.15) is 0 Å². The van der Waals surface area contributed by atoms with Crippen molar-refractivity contribution in [2.45, 2.75) is 13.5 Å². The third-order valence-electron chi connectivity index (χ3n) is 5.40. The predicted octanol–water partition coefficient (Wildman–Crippen LogP) is 4.55. The molecule has 30 heavy (non-hydrogen) atoms. The van der Waals surface area contributed by atoms with Gasteiger partial charge in [0.05, 0.1) is 27.8 Å². The highest BCUT2D eigenvalue weighted by molar-refractivity contribution is 14.1. The van der Waals surface area contributed by atoms with E-state index in [0.29, 0.717) is 23.0 Å². The number of aryl methyl sites for hydroxylation is 1. The molecule has 0 bridgehead atoms. The van der Waals surface area contributed by atoms with E-state index in [0.717, 1.165) is 26.1 Å². The summed E-state index contributed by atoms with van der Waals surface area (Å²) in [6.07, 6.45) is 1.85. The van der Waals surface area contributed by atoms with Crippen LogP contribution in [0.5, 0.6) is 0 Å². The Morgan fingerprint density at radius 3 is 2.47 bits per heavy atom. The Balaban J connectivity index is 1.79. The molecule has 6 heteroatoms. The lowest BCUT2D eigenvalue weighted by Gasteiger charge is -2.16. The van der Waals surface area contributed by atoms with Crippen LogP contribution in [0, 0.1) is 10.5 Å². The second-order valence-corrected chi connectivity index (χ2v) is 8.61. The first kappa shape index (κ1) is 18.9. The van der Waals surface area contributed by atoms with Crippen LogP contribution in [0.3, 0.4) is 0 Å². The van der Waals surface area contributed by atoms with E-state index in [9.17, 15) is 9.59 Å². The van der Waals surface area contributed by atoms with Gasteiger partial charge in [0.15, 0.2) is 5.43 Å². The zero-order chi connectivity index (χ0) is 20.8. The molecule has 1 N–H and O–H groups in total. The Bertz CT molecular complexity index is 1480. The molecule has 0 spiro atoms. The number of aromatic amines is 1. The van der Waals surface area contributed by atoms with E-state index in [1.807, 2.05) is 48.0 Å². The van der Waals surface area contributed by atoms with Crippen molar-refractivity contribution < 1.29 is 0 Å². The minimum atomic E-state index is -0.166. The standard InChI is InChI=1S/C24H18IN3O2/c1-15-5-2-3-6-19(15)28-24(30)18-14-27(13-16-9-11-17(25)12-10-16)20-7-4-8-21(29)22(20)23(18)26-28/h2-12,14,26H,13H2,1H3. The highest BCUT2D eigenvalue weighted by atomic mass is 127. The summed E-state index contributed by atoms with van der Waals surface area (Å²) in [5.41, 5.74) is 4.49. The van der Waals surface area contributed by atoms with Crippen molar-refractivity contribution in [2.24, 2.45) is 0 Å². The summed E-state index contributed by atoms with van der Waals surface area (Å²) in [5, 5.41) is 3.69. The zero-order valence-electron chi connectivity index (χ0n) is 16.2. The summed E-state index contributed by atoms with van der Waals surface area (Å²) >= 11 is 2.28. The van der Waals surface area contributed by atoms with Crippen molar-refractivity contribution in [3.05, 3.63) is 108 Å². The van der Waals surface area contributed by atoms with Crippen LogP contribution in [0.2, 0.25) is 0 Å². The molecule has 2 aliphatic rings. The van der Waals surface area contributed by atoms with Crippen molar-refractivity contribution in [1.82, 2.24) is 14.3 Å². The third kappa shape index (κ3) is 3.08. The first-order chi connectivity index (χ1) is 14.5. The number of hydrogen-bond donors (Lipinski definition) is 1. The number of hydrogen-bond acceptors (Lipinski definition) is 2. The van der Waals surface area contributed by atoms with Gasteiger partial charge in [0.25, 0.3) is 5.56 Å². The number of nitrogens with zero attached hydrogens (tertiary/aromatic N) is 2. The lowest BCUT2D eigenvalue weighted by Crippen LogP contribution is -2.16. The van der Waals surface area contributed by atoms with Gasteiger partial charge in [-0.25, -0.2) is 4.68 Å². The molecule has 0 fully saturated rings. The number of nitrogens with one attached hydrogen (secondary N) is 1. The molecular formula is C24H18IN3O2. The van der Waals surface area contributed by atoms with Crippen molar-refractivity contribution >= 4 is 33.5 Å². The highest BCUT2D eigenvalue weighted by Gasteiger charge is 2.20. The molecule has 0 saturated heterocycles. The second-order valence-electron chi connectivity index (χ2n) is 7.36. The number of halogens is 1. The summed E-state index contributed by atoms with van der Waals surface area (Å²) in [6, 6.07) is 21.1. The van der Waals surface area contributed by atoms with E-state index in [1.54, 1.807) is 12.1 Å². The fraction of sp³-hybridized carbons (Fsp3) is 0.0833. The lowest BCUT2D eigenvalue weighted by molar-refractivity contribution is 0.804. The molecule has 0 unspecified atom stereocenters. The van der Waals surface area contributed by atoms with Gasteiger partial charge in [0.2, 0.25) is 0 Å². The Hall–Kier alpha value is -3.13. The zero-order valence-corrected chi connectivity index (χ0v) is 18.4. The maximum Gasteiger partial charge on any atom is 0.280 e. The van der Waals surface area contributed by atoms with E-state index in [1.165, 1.54) is 4.68 Å². The molecule has 1 aromatic heterocycles. The summed E-state index contributed by atoms with van der Waals surface area (Å²) in [6.45, 7) is 2.53. The fourth-order valence-electron chi connectivity index (χ4n) is 3.90. The SMILES string of the molecule is Cc1ccccc1-n1[nH]c2c3c(=O)cccc-3n(Cc3ccc(I)cc3)cc2c1=O. The Labute approximate surface area is 186 Å². The Kier molecular flexibility index (Phi) is 4.58. The number of para-hydroxylation sites is 1. The maximum absolute atomic E-state index is 13.3. The van der Waals surface area contributed by atoms with Crippen molar-refractivity contribution in [3.8, 4) is 16.9 Å². The normalized spacial score (nSPS) is 11.4. The van der Waals surface area contributed by atoms with Crippen molar-refractivity contribution in [1.29, 1.82) is 0 Å². The minimum absolute atomic E-state index is 0.104. The number of aromatic nitrogens is 3. The average molecular weight is 507 g/mol.